The lowest BCUT2D eigenvalue weighted by atomic mass is 10.1. The minimum atomic E-state index is -3.78. The van der Waals surface area contributed by atoms with E-state index < -0.39 is 27.3 Å². The van der Waals surface area contributed by atoms with E-state index in [0.717, 1.165) is 39.7 Å². The fraction of sp³-hybridized carbons (Fsp3) is 0.286. The Hall–Kier alpha value is -2.98. The van der Waals surface area contributed by atoms with Crippen molar-refractivity contribution in [1.29, 1.82) is 0 Å². The van der Waals surface area contributed by atoms with E-state index in [2.05, 4.69) is 0 Å². The summed E-state index contributed by atoms with van der Waals surface area (Å²) in [4.78, 5) is 12.3. The average Bonchev–Trinajstić information content (AvgIpc) is 3.12. The molecule has 10 heteroatoms. The van der Waals surface area contributed by atoms with Crippen molar-refractivity contribution >= 4 is 20.8 Å². The molecule has 1 aromatic carbocycles. The molecule has 0 bridgehead atoms. The first-order valence-electron chi connectivity index (χ1n) is 9.50. The first-order valence-corrected chi connectivity index (χ1v) is 11.3. The Morgan fingerprint density at radius 2 is 1.84 bits per heavy atom. The van der Waals surface area contributed by atoms with Crippen LogP contribution in [0.1, 0.15) is 12.2 Å². The van der Waals surface area contributed by atoms with Gasteiger partial charge in [-0.3, -0.25) is 4.79 Å². The van der Waals surface area contributed by atoms with Crippen LogP contribution in [0.25, 0.3) is 10.8 Å². The SMILES string of the molecule is CS(=O)(=O)N1CC=C(C(F)(F)Oc2c(Cn3cc4ccccc4c3)occc2=O)CC1. The lowest BCUT2D eigenvalue weighted by molar-refractivity contribution is -0.147. The molecule has 0 N–H and O–H groups in total. The van der Waals surface area contributed by atoms with Gasteiger partial charge < -0.3 is 13.7 Å². The molecule has 1 aliphatic rings. The summed E-state index contributed by atoms with van der Waals surface area (Å²) in [7, 11) is -3.48. The van der Waals surface area contributed by atoms with Crippen molar-refractivity contribution in [2.24, 2.45) is 0 Å². The molecule has 3 aromatic rings. The summed E-state index contributed by atoms with van der Waals surface area (Å²) in [5.74, 6) is -0.613. The molecule has 2 aromatic heterocycles. The van der Waals surface area contributed by atoms with Crippen LogP contribution in [0.5, 0.6) is 5.75 Å². The van der Waals surface area contributed by atoms with Crippen molar-refractivity contribution < 1.29 is 26.4 Å². The van der Waals surface area contributed by atoms with Crippen LogP contribution in [0.3, 0.4) is 0 Å². The van der Waals surface area contributed by atoms with Crippen molar-refractivity contribution in [3.63, 3.8) is 0 Å². The van der Waals surface area contributed by atoms with E-state index in [1.165, 1.54) is 0 Å². The molecule has 0 spiro atoms. The molecule has 0 fully saturated rings. The van der Waals surface area contributed by atoms with Crippen molar-refractivity contribution in [3.8, 4) is 5.75 Å². The van der Waals surface area contributed by atoms with E-state index in [4.69, 9.17) is 9.15 Å². The zero-order chi connectivity index (χ0) is 22.2. The maximum atomic E-state index is 14.8. The molecular formula is C21H20F2N2O5S. The van der Waals surface area contributed by atoms with Crippen LogP contribution in [0, 0.1) is 0 Å². The average molecular weight is 450 g/mol. The second-order valence-electron chi connectivity index (χ2n) is 7.32. The van der Waals surface area contributed by atoms with Gasteiger partial charge in [-0.25, -0.2) is 8.42 Å². The Labute approximate surface area is 177 Å². The van der Waals surface area contributed by atoms with Gasteiger partial charge in [0.15, 0.2) is 5.76 Å². The molecule has 0 amide bonds. The minimum absolute atomic E-state index is 0.0249. The number of alkyl halides is 2. The quantitative estimate of drug-likeness (QED) is 0.539. The maximum Gasteiger partial charge on any atom is 0.422 e. The van der Waals surface area contributed by atoms with Crippen LogP contribution in [0.4, 0.5) is 8.78 Å². The number of fused-ring (bicyclic) bond motifs is 1. The molecule has 1 aliphatic heterocycles. The predicted molar refractivity (Wildman–Crippen MR) is 111 cm³/mol. The number of nitrogens with zero attached hydrogens (tertiary/aromatic N) is 2. The summed E-state index contributed by atoms with van der Waals surface area (Å²) in [6, 6.07) is 8.60. The lowest BCUT2D eigenvalue weighted by Crippen LogP contribution is -2.39. The number of rotatable bonds is 6. The lowest BCUT2D eigenvalue weighted by Gasteiger charge is -2.28. The largest absolute Gasteiger partial charge is 0.463 e. The molecule has 31 heavy (non-hydrogen) atoms. The molecule has 0 aliphatic carbocycles. The minimum Gasteiger partial charge on any atom is -0.463 e. The number of ether oxygens (including phenoxy) is 1. The summed E-state index contributed by atoms with van der Waals surface area (Å²) in [6.45, 7) is -0.244. The van der Waals surface area contributed by atoms with Crippen LogP contribution in [0.15, 0.2) is 69.8 Å². The highest BCUT2D eigenvalue weighted by atomic mass is 32.2. The Kier molecular flexibility index (Phi) is 5.44. The fourth-order valence-corrected chi connectivity index (χ4v) is 4.24. The van der Waals surface area contributed by atoms with Gasteiger partial charge >= 0.3 is 6.11 Å². The van der Waals surface area contributed by atoms with Gasteiger partial charge in [-0.2, -0.15) is 13.1 Å². The van der Waals surface area contributed by atoms with Gasteiger partial charge in [0.25, 0.3) is 0 Å². The molecule has 0 unspecified atom stereocenters. The van der Waals surface area contributed by atoms with E-state index in [-0.39, 0.29) is 37.4 Å². The zero-order valence-corrected chi connectivity index (χ0v) is 17.4. The van der Waals surface area contributed by atoms with E-state index in [1.54, 1.807) is 4.57 Å². The van der Waals surface area contributed by atoms with Crippen LogP contribution in [-0.4, -0.2) is 42.7 Å². The number of aromatic nitrogens is 1. The van der Waals surface area contributed by atoms with Gasteiger partial charge in [0.1, 0.15) is 0 Å². The van der Waals surface area contributed by atoms with Gasteiger partial charge in [0.05, 0.1) is 19.1 Å². The molecule has 0 saturated carbocycles. The highest BCUT2D eigenvalue weighted by Crippen LogP contribution is 2.33. The maximum absolute atomic E-state index is 14.8. The van der Waals surface area contributed by atoms with E-state index in [9.17, 15) is 22.0 Å². The van der Waals surface area contributed by atoms with Crippen molar-refractivity contribution in [1.82, 2.24) is 8.87 Å². The second-order valence-corrected chi connectivity index (χ2v) is 9.30. The van der Waals surface area contributed by atoms with Crippen LogP contribution in [0.2, 0.25) is 0 Å². The van der Waals surface area contributed by atoms with Gasteiger partial charge in [-0.1, -0.05) is 30.3 Å². The number of halogens is 2. The van der Waals surface area contributed by atoms with Crippen LogP contribution >= 0.6 is 0 Å². The second kappa shape index (κ2) is 7.93. The van der Waals surface area contributed by atoms with Crippen molar-refractivity contribution in [2.75, 3.05) is 19.3 Å². The Balaban J connectivity index is 1.60. The first kappa shape index (κ1) is 21.3. The number of hydrogen-bond acceptors (Lipinski definition) is 5. The molecule has 0 atom stereocenters. The summed E-state index contributed by atoms with van der Waals surface area (Å²) in [6.07, 6.45) is 2.91. The summed E-state index contributed by atoms with van der Waals surface area (Å²) in [5, 5.41) is 1.91. The molecule has 7 nitrogen and oxygen atoms in total. The predicted octanol–water partition coefficient (Wildman–Crippen LogP) is 3.21. The third-order valence-corrected chi connectivity index (χ3v) is 6.35. The Morgan fingerprint density at radius 3 is 2.42 bits per heavy atom. The standard InChI is InChI=1S/C21H20F2N2O5S/c1-31(27,28)25-9-6-17(7-10-25)21(22,23)30-20-18(26)8-11-29-19(20)14-24-12-15-4-2-3-5-16(15)13-24/h2-6,8,11-13H,7,9-10,14H2,1H3. The molecular weight excluding hydrogens is 430 g/mol. The monoisotopic (exact) mass is 450 g/mol. The van der Waals surface area contributed by atoms with Gasteiger partial charge in [0.2, 0.25) is 21.2 Å². The summed E-state index contributed by atoms with van der Waals surface area (Å²) >= 11 is 0. The molecule has 0 saturated heterocycles. The smallest absolute Gasteiger partial charge is 0.422 e. The fourth-order valence-electron chi connectivity index (χ4n) is 3.47. The normalized spacial score (nSPS) is 15.8. The van der Waals surface area contributed by atoms with Gasteiger partial charge in [0, 0.05) is 37.1 Å². The highest BCUT2D eigenvalue weighted by molar-refractivity contribution is 7.88. The number of benzene rings is 1. The van der Waals surface area contributed by atoms with Crippen LogP contribution < -0.4 is 10.2 Å². The zero-order valence-electron chi connectivity index (χ0n) is 16.6. The summed E-state index contributed by atoms with van der Waals surface area (Å²) < 4.78 is 65.9. The number of hydrogen-bond donors (Lipinski definition) is 0. The molecule has 0 radical (unpaired) electrons. The molecule has 164 valence electrons. The third-order valence-electron chi connectivity index (χ3n) is 5.08. The third kappa shape index (κ3) is 4.54. The molecule has 4 rings (SSSR count). The molecule has 3 heterocycles. The Bertz CT molecular complexity index is 1280. The van der Waals surface area contributed by atoms with E-state index in [1.807, 2.05) is 36.7 Å². The Morgan fingerprint density at radius 1 is 1.16 bits per heavy atom. The van der Waals surface area contributed by atoms with E-state index >= 15 is 0 Å². The van der Waals surface area contributed by atoms with Gasteiger partial charge in [-0.15, -0.1) is 0 Å². The first-order chi connectivity index (χ1) is 14.6. The van der Waals surface area contributed by atoms with Crippen LogP contribution in [-0.2, 0) is 16.6 Å². The van der Waals surface area contributed by atoms with Gasteiger partial charge in [-0.05, 0) is 17.2 Å². The topological polar surface area (TPSA) is 81.8 Å². The number of sulfonamides is 1. The highest BCUT2D eigenvalue weighted by Gasteiger charge is 2.40. The van der Waals surface area contributed by atoms with Crippen molar-refractivity contribution in [2.45, 2.75) is 19.1 Å². The van der Waals surface area contributed by atoms with Crippen molar-refractivity contribution in [3.05, 3.63) is 76.6 Å². The van der Waals surface area contributed by atoms with E-state index in [0.29, 0.717) is 0 Å². The summed E-state index contributed by atoms with van der Waals surface area (Å²) in [5.41, 5.74) is -1.11.